The lowest BCUT2D eigenvalue weighted by atomic mass is 10.2. The standard InChI is InChI=1S/C17H17Cl2N3O2/c1-24-13-4-2-3-12(11-13)21-7-9-22(10-8-21)17(23)16-14(18)5-6-15(19)20-16/h2-6,11H,7-10H2,1H3. The zero-order valence-corrected chi connectivity index (χ0v) is 14.7. The van der Waals surface area contributed by atoms with Crippen molar-refractivity contribution < 1.29 is 9.53 Å². The van der Waals surface area contributed by atoms with Crippen molar-refractivity contribution in [3.8, 4) is 5.75 Å². The summed E-state index contributed by atoms with van der Waals surface area (Å²) in [6.07, 6.45) is 0. The summed E-state index contributed by atoms with van der Waals surface area (Å²) in [5.74, 6) is 0.633. The number of carbonyl (C=O) groups is 1. The van der Waals surface area contributed by atoms with Crippen LogP contribution in [0.2, 0.25) is 10.2 Å². The first-order chi connectivity index (χ1) is 11.6. The van der Waals surface area contributed by atoms with Crippen LogP contribution in [0, 0.1) is 0 Å². The average molecular weight is 366 g/mol. The van der Waals surface area contributed by atoms with Crippen LogP contribution in [0.3, 0.4) is 0 Å². The number of pyridine rings is 1. The van der Waals surface area contributed by atoms with Gasteiger partial charge in [0, 0.05) is 37.9 Å². The van der Waals surface area contributed by atoms with Crippen molar-refractivity contribution in [2.24, 2.45) is 0 Å². The van der Waals surface area contributed by atoms with Crippen molar-refractivity contribution in [2.75, 3.05) is 38.2 Å². The number of hydrogen-bond acceptors (Lipinski definition) is 4. The van der Waals surface area contributed by atoms with E-state index in [1.54, 1.807) is 24.1 Å². The van der Waals surface area contributed by atoms with Gasteiger partial charge in [-0.05, 0) is 24.3 Å². The van der Waals surface area contributed by atoms with Crippen molar-refractivity contribution in [1.29, 1.82) is 0 Å². The number of nitrogens with zero attached hydrogens (tertiary/aromatic N) is 3. The molecule has 1 aliphatic heterocycles. The second-order valence-electron chi connectivity index (χ2n) is 5.45. The summed E-state index contributed by atoms with van der Waals surface area (Å²) in [5.41, 5.74) is 1.29. The summed E-state index contributed by atoms with van der Waals surface area (Å²) < 4.78 is 5.26. The molecule has 0 unspecified atom stereocenters. The third kappa shape index (κ3) is 3.57. The van der Waals surface area contributed by atoms with E-state index in [-0.39, 0.29) is 16.8 Å². The maximum atomic E-state index is 12.6. The molecule has 0 radical (unpaired) electrons. The molecular formula is C17H17Cl2N3O2. The Balaban J connectivity index is 1.68. The van der Waals surface area contributed by atoms with Gasteiger partial charge in [0.1, 0.15) is 16.6 Å². The van der Waals surface area contributed by atoms with Crippen LogP contribution in [0.25, 0.3) is 0 Å². The number of benzene rings is 1. The Morgan fingerprint density at radius 3 is 2.58 bits per heavy atom. The number of anilines is 1. The fourth-order valence-corrected chi connectivity index (χ4v) is 3.03. The molecule has 3 rings (SSSR count). The van der Waals surface area contributed by atoms with E-state index in [0.717, 1.165) is 24.5 Å². The quantitative estimate of drug-likeness (QED) is 0.782. The minimum atomic E-state index is -0.187. The molecule has 0 N–H and O–H groups in total. The Kier molecular flexibility index (Phi) is 5.11. The first kappa shape index (κ1) is 16.9. The third-order valence-electron chi connectivity index (χ3n) is 4.00. The molecule has 2 heterocycles. The summed E-state index contributed by atoms with van der Waals surface area (Å²) >= 11 is 11.9. The second-order valence-corrected chi connectivity index (χ2v) is 6.24. The molecule has 0 saturated carbocycles. The molecule has 0 bridgehead atoms. The largest absolute Gasteiger partial charge is 0.497 e. The Bertz CT molecular complexity index is 746. The van der Waals surface area contributed by atoms with Crippen LogP contribution in [-0.2, 0) is 0 Å². The third-order valence-corrected chi connectivity index (χ3v) is 4.52. The van der Waals surface area contributed by atoms with Gasteiger partial charge < -0.3 is 14.5 Å². The Labute approximate surface area is 150 Å². The van der Waals surface area contributed by atoms with Crippen LogP contribution in [-0.4, -0.2) is 49.1 Å². The Morgan fingerprint density at radius 1 is 1.12 bits per heavy atom. The molecular weight excluding hydrogens is 349 g/mol. The van der Waals surface area contributed by atoms with E-state index in [0.29, 0.717) is 18.1 Å². The number of carbonyl (C=O) groups excluding carboxylic acids is 1. The number of aromatic nitrogens is 1. The van der Waals surface area contributed by atoms with Crippen LogP contribution < -0.4 is 9.64 Å². The zero-order chi connectivity index (χ0) is 17.1. The van der Waals surface area contributed by atoms with Gasteiger partial charge in [0.05, 0.1) is 12.1 Å². The molecule has 1 aliphatic rings. The molecule has 5 nitrogen and oxygen atoms in total. The maximum absolute atomic E-state index is 12.6. The van der Waals surface area contributed by atoms with E-state index in [9.17, 15) is 4.79 Å². The fraction of sp³-hybridized carbons (Fsp3) is 0.294. The summed E-state index contributed by atoms with van der Waals surface area (Å²) in [6, 6.07) is 11.1. The molecule has 7 heteroatoms. The first-order valence-electron chi connectivity index (χ1n) is 7.59. The summed E-state index contributed by atoms with van der Waals surface area (Å²) in [6.45, 7) is 2.66. The van der Waals surface area contributed by atoms with Crippen LogP contribution in [0.4, 0.5) is 5.69 Å². The number of halogens is 2. The summed E-state index contributed by atoms with van der Waals surface area (Å²) in [4.78, 5) is 20.6. The van der Waals surface area contributed by atoms with Crippen molar-refractivity contribution >= 4 is 34.8 Å². The van der Waals surface area contributed by atoms with E-state index < -0.39 is 0 Å². The van der Waals surface area contributed by atoms with Gasteiger partial charge in [0.15, 0.2) is 0 Å². The van der Waals surface area contributed by atoms with Crippen LogP contribution in [0.5, 0.6) is 5.75 Å². The lowest BCUT2D eigenvalue weighted by Crippen LogP contribution is -2.49. The Hall–Kier alpha value is -1.98. The van der Waals surface area contributed by atoms with Gasteiger partial charge in [-0.3, -0.25) is 4.79 Å². The van der Waals surface area contributed by atoms with E-state index in [4.69, 9.17) is 27.9 Å². The number of rotatable bonds is 3. The van der Waals surface area contributed by atoms with Crippen molar-refractivity contribution in [2.45, 2.75) is 0 Å². The lowest BCUT2D eigenvalue weighted by Gasteiger charge is -2.36. The fourth-order valence-electron chi connectivity index (χ4n) is 2.69. The molecule has 0 atom stereocenters. The van der Waals surface area contributed by atoms with Gasteiger partial charge >= 0.3 is 0 Å². The van der Waals surface area contributed by atoms with Gasteiger partial charge in [0.2, 0.25) is 0 Å². The predicted octanol–water partition coefficient (Wildman–Crippen LogP) is 3.36. The molecule has 0 spiro atoms. The van der Waals surface area contributed by atoms with Crippen LogP contribution >= 0.6 is 23.2 Å². The SMILES string of the molecule is COc1cccc(N2CCN(C(=O)c3nc(Cl)ccc3Cl)CC2)c1. The minimum absolute atomic E-state index is 0.187. The highest BCUT2D eigenvalue weighted by atomic mass is 35.5. The molecule has 1 fully saturated rings. The number of amides is 1. The predicted molar refractivity (Wildman–Crippen MR) is 95.4 cm³/mol. The molecule has 126 valence electrons. The molecule has 0 aliphatic carbocycles. The van der Waals surface area contributed by atoms with Gasteiger partial charge in [-0.15, -0.1) is 0 Å². The maximum Gasteiger partial charge on any atom is 0.274 e. The van der Waals surface area contributed by atoms with Crippen LogP contribution in [0.15, 0.2) is 36.4 Å². The highest BCUT2D eigenvalue weighted by Crippen LogP contribution is 2.23. The lowest BCUT2D eigenvalue weighted by molar-refractivity contribution is 0.0741. The Morgan fingerprint density at radius 2 is 1.88 bits per heavy atom. The van der Waals surface area contributed by atoms with Crippen LogP contribution in [0.1, 0.15) is 10.5 Å². The minimum Gasteiger partial charge on any atom is -0.497 e. The van der Waals surface area contributed by atoms with E-state index in [2.05, 4.69) is 9.88 Å². The number of ether oxygens (including phenoxy) is 1. The normalized spacial score (nSPS) is 14.6. The molecule has 1 saturated heterocycles. The van der Waals surface area contributed by atoms with Gasteiger partial charge in [-0.25, -0.2) is 4.98 Å². The number of methoxy groups -OCH3 is 1. The second kappa shape index (κ2) is 7.28. The smallest absolute Gasteiger partial charge is 0.274 e. The van der Waals surface area contributed by atoms with Gasteiger partial charge in [-0.1, -0.05) is 29.3 Å². The van der Waals surface area contributed by atoms with Crippen molar-refractivity contribution in [3.05, 3.63) is 52.3 Å². The molecule has 1 aromatic heterocycles. The van der Waals surface area contributed by atoms with E-state index in [1.165, 1.54) is 0 Å². The van der Waals surface area contributed by atoms with Gasteiger partial charge in [-0.2, -0.15) is 0 Å². The number of piperazine rings is 1. The summed E-state index contributed by atoms with van der Waals surface area (Å²) in [5, 5.41) is 0.581. The molecule has 1 aromatic carbocycles. The van der Waals surface area contributed by atoms with E-state index >= 15 is 0 Å². The average Bonchev–Trinajstić information content (AvgIpc) is 2.63. The van der Waals surface area contributed by atoms with Gasteiger partial charge in [0.25, 0.3) is 5.91 Å². The number of hydrogen-bond donors (Lipinski definition) is 0. The summed E-state index contributed by atoms with van der Waals surface area (Å²) in [7, 11) is 1.65. The molecule has 24 heavy (non-hydrogen) atoms. The monoisotopic (exact) mass is 365 g/mol. The van der Waals surface area contributed by atoms with Crippen molar-refractivity contribution in [1.82, 2.24) is 9.88 Å². The molecule has 2 aromatic rings. The van der Waals surface area contributed by atoms with Crippen molar-refractivity contribution in [3.63, 3.8) is 0 Å². The zero-order valence-electron chi connectivity index (χ0n) is 13.2. The highest BCUT2D eigenvalue weighted by Gasteiger charge is 2.25. The van der Waals surface area contributed by atoms with E-state index in [1.807, 2.05) is 24.3 Å². The highest BCUT2D eigenvalue weighted by molar-refractivity contribution is 6.34. The molecule has 1 amide bonds. The topological polar surface area (TPSA) is 45.7 Å². The first-order valence-corrected chi connectivity index (χ1v) is 8.34.